The third-order valence-electron chi connectivity index (χ3n) is 6.91. The number of benzene rings is 1. The summed E-state index contributed by atoms with van der Waals surface area (Å²) in [6.07, 6.45) is 4.42. The number of aliphatic hydroxyl groups is 1. The summed E-state index contributed by atoms with van der Waals surface area (Å²) in [5.74, 6) is 7.12. The van der Waals surface area contributed by atoms with E-state index in [-0.39, 0.29) is 12.3 Å². The van der Waals surface area contributed by atoms with E-state index < -0.39 is 12.1 Å². The second kappa shape index (κ2) is 12.2. The minimum absolute atomic E-state index is 0.174. The molecular formula is C28H32N2O4S. The van der Waals surface area contributed by atoms with Gasteiger partial charge in [-0.15, -0.1) is 0 Å². The van der Waals surface area contributed by atoms with Gasteiger partial charge in [0.05, 0.1) is 25.3 Å². The van der Waals surface area contributed by atoms with E-state index in [0.29, 0.717) is 25.3 Å². The van der Waals surface area contributed by atoms with E-state index in [1.807, 2.05) is 41.1 Å². The van der Waals surface area contributed by atoms with Gasteiger partial charge in [-0.05, 0) is 85.3 Å². The highest BCUT2D eigenvalue weighted by atomic mass is 32.1. The van der Waals surface area contributed by atoms with Crippen LogP contribution in [0.25, 0.3) is 10.9 Å². The van der Waals surface area contributed by atoms with Crippen LogP contribution >= 0.6 is 11.3 Å². The molecule has 0 aliphatic carbocycles. The van der Waals surface area contributed by atoms with Gasteiger partial charge >= 0.3 is 5.97 Å². The predicted molar refractivity (Wildman–Crippen MR) is 139 cm³/mol. The fourth-order valence-corrected chi connectivity index (χ4v) is 5.58. The first-order valence-corrected chi connectivity index (χ1v) is 13.0. The zero-order chi connectivity index (χ0) is 24.6. The van der Waals surface area contributed by atoms with Gasteiger partial charge in [0.2, 0.25) is 0 Å². The molecule has 1 unspecified atom stereocenters. The van der Waals surface area contributed by atoms with Crippen LogP contribution in [0.2, 0.25) is 0 Å². The van der Waals surface area contributed by atoms with Crippen molar-refractivity contribution >= 4 is 28.2 Å². The second-order valence-corrected chi connectivity index (χ2v) is 9.95. The summed E-state index contributed by atoms with van der Waals surface area (Å²) >= 11 is 1.64. The third-order valence-corrected chi connectivity index (χ3v) is 7.60. The van der Waals surface area contributed by atoms with Crippen molar-refractivity contribution in [2.45, 2.75) is 38.2 Å². The van der Waals surface area contributed by atoms with Gasteiger partial charge in [0.15, 0.2) is 0 Å². The minimum atomic E-state index is -0.754. The summed E-state index contributed by atoms with van der Waals surface area (Å²) in [4.78, 5) is 18.0. The van der Waals surface area contributed by atoms with Crippen molar-refractivity contribution in [3.05, 3.63) is 58.4 Å². The van der Waals surface area contributed by atoms with Crippen LogP contribution in [0.3, 0.4) is 0 Å². The molecule has 1 aliphatic heterocycles. The molecule has 1 aliphatic rings. The zero-order valence-electron chi connectivity index (χ0n) is 20.0. The Kier molecular flexibility index (Phi) is 8.75. The molecule has 2 N–H and O–H groups in total. The number of hydrogen-bond donors (Lipinski definition) is 2. The molecule has 1 fully saturated rings. The van der Waals surface area contributed by atoms with Gasteiger partial charge in [0.25, 0.3) is 0 Å². The third kappa shape index (κ3) is 6.82. The summed E-state index contributed by atoms with van der Waals surface area (Å²) < 4.78 is 5.36. The maximum absolute atomic E-state index is 11.3. The van der Waals surface area contributed by atoms with E-state index in [2.05, 4.69) is 21.7 Å². The van der Waals surface area contributed by atoms with Crippen LogP contribution in [0.4, 0.5) is 0 Å². The summed E-state index contributed by atoms with van der Waals surface area (Å²) in [5.41, 5.74) is 2.73. The molecule has 7 heteroatoms. The Morgan fingerprint density at radius 3 is 2.94 bits per heavy atom. The number of ether oxygens (including phenoxy) is 1. The number of methoxy groups -OCH3 is 1. The maximum Gasteiger partial charge on any atom is 0.303 e. The highest BCUT2D eigenvalue weighted by molar-refractivity contribution is 7.08. The van der Waals surface area contributed by atoms with Crippen molar-refractivity contribution in [2.75, 3.05) is 26.7 Å². The van der Waals surface area contributed by atoms with E-state index in [1.54, 1.807) is 24.6 Å². The van der Waals surface area contributed by atoms with Crippen LogP contribution in [0, 0.1) is 23.7 Å². The molecule has 0 saturated carbocycles. The monoisotopic (exact) mass is 492 g/mol. The fraction of sp³-hybridized carbons (Fsp3) is 0.429. The smallest absolute Gasteiger partial charge is 0.303 e. The summed E-state index contributed by atoms with van der Waals surface area (Å²) in [7, 11) is 1.63. The molecule has 35 heavy (non-hydrogen) atoms. The Morgan fingerprint density at radius 2 is 2.17 bits per heavy atom. The van der Waals surface area contributed by atoms with Gasteiger partial charge < -0.3 is 14.9 Å². The number of rotatable bonds is 9. The number of fused-ring (bicyclic) bond motifs is 1. The molecular weight excluding hydrogens is 460 g/mol. The standard InChI is InChI=1S/C28H32N2O4S/c1-34-23-6-7-26-25(17-23)24(10-13-29-26)27(31)8-4-21-11-15-30(18-22(21)5-9-28(32)33)14-2-3-20-12-16-35-19-20/h6-7,10,12-13,16-17,19,21-22,27,31H,4-5,8-9,11,14-15,18H2,1H3,(H,32,33)/t21-,22+,27?/m1/s1. The lowest BCUT2D eigenvalue weighted by Gasteiger charge is -2.38. The first-order valence-electron chi connectivity index (χ1n) is 12.1. The van der Waals surface area contributed by atoms with Crippen molar-refractivity contribution in [3.63, 3.8) is 0 Å². The number of carboxylic acid groups (broad SMARTS) is 1. The molecule has 1 saturated heterocycles. The maximum atomic E-state index is 11.3. The van der Waals surface area contributed by atoms with Crippen molar-refractivity contribution in [3.8, 4) is 17.6 Å². The average molecular weight is 493 g/mol. The van der Waals surface area contributed by atoms with Crippen LogP contribution in [-0.4, -0.2) is 52.8 Å². The summed E-state index contributed by atoms with van der Waals surface area (Å²) in [6.45, 7) is 2.49. The lowest BCUT2D eigenvalue weighted by atomic mass is 9.79. The molecule has 1 aromatic carbocycles. The van der Waals surface area contributed by atoms with E-state index in [9.17, 15) is 15.0 Å². The zero-order valence-corrected chi connectivity index (χ0v) is 20.8. The van der Waals surface area contributed by atoms with E-state index in [1.165, 1.54) is 0 Å². The Labute approximate surface area is 210 Å². The molecule has 2 aromatic heterocycles. The van der Waals surface area contributed by atoms with Crippen molar-refractivity contribution in [1.29, 1.82) is 0 Å². The van der Waals surface area contributed by atoms with Crippen molar-refractivity contribution in [2.24, 2.45) is 11.8 Å². The summed E-state index contributed by atoms with van der Waals surface area (Å²) in [6, 6.07) is 9.60. The lowest BCUT2D eigenvalue weighted by Crippen LogP contribution is -2.41. The second-order valence-electron chi connectivity index (χ2n) is 9.17. The average Bonchev–Trinajstić information content (AvgIpc) is 3.39. The molecule has 0 radical (unpaired) electrons. The van der Waals surface area contributed by atoms with E-state index >= 15 is 0 Å². The Hall–Kier alpha value is -2.92. The number of carbonyl (C=O) groups is 1. The fourth-order valence-electron chi connectivity index (χ4n) is 5.00. The predicted octanol–water partition coefficient (Wildman–Crippen LogP) is 4.97. The van der Waals surface area contributed by atoms with Gasteiger partial charge in [0.1, 0.15) is 5.75 Å². The number of piperidine rings is 1. The molecule has 3 atom stereocenters. The largest absolute Gasteiger partial charge is 0.497 e. The van der Waals surface area contributed by atoms with Gasteiger partial charge in [-0.25, -0.2) is 0 Å². The van der Waals surface area contributed by atoms with Crippen molar-refractivity contribution in [1.82, 2.24) is 9.88 Å². The molecule has 0 spiro atoms. The molecule has 0 bridgehead atoms. The van der Waals surface area contributed by atoms with Crippen LogP contribution in [-0.2, 0) is 4.79 Å². The number of thiophene rings is 1. The van der Waals surface area contributed by atoms with Crippen LogP contribution in [0.5, 0.6) is 5.75 Å². The van der Waals surface area contributed by atoms with Crippen LogP contribution < -0.4 is 4.74 Å². The number of pyridine rings is 1. The molecule has 3 heterocycles. The number of carboxylic acids is 1. The van der Waals surface area contributed by atoms with Crippen LogP contribution in [0.15, 0.2) is 47.3 Å². The lowest BCUT2D eigenvalue weighted by molar-refractivity contribution is -0.137. The van der Waals surface area contributed by atoms with Gasteiger partial charge in [-0.2, -0.15) is 11.3 Å². The molecule has 184 valence electrons. The Bertz CT molecular complexity index is 1180. The first-order chi connectivity index (χ1) is 17.0. The number of hydrogen-bond acceptors (Lipinski definition) is 6. The summed E-state index contributed by atoms with van der Waals surface area (Å²) in [5, 5.41) is 25.3. The van der Waals surface area contributed by atoms with E-state index in [0.717, 1.165) is 53.7 Å². The van der Waals surface area contributed by atoms with Crippen molar-refractivity contribution < 1.29 is 19.7 Å². The number of aliphatic carboxylic acids is 1. The highest BCUT2D eigenvalue weighted by Crippen LogP contribution is 2.35. The first kappa shape index (κ1) is 25.2. The minimum Gasteiger partial charge on any atom is -0.497 e. The van der Waals surface area contributed by atoms with Gasteiger partial charge in [0, 0.05) is 35.5 Å². The van der Waals surface area contributed by atoms with Gasteiger partial charge in [-0.3, -0.25) is 14.7 Å². The Morgan fingerprint density at radius 1 is 1.29 bits per heavy atom. The van der Waals surface area contributed by atoms with Gasteiger partial charge in [-0.1, -0.05) is 11.8 Å². The molecule has 3 aromatic rings. The highest BCUT2D eigenvalue weighted by Gasteiger charge is 2.29. The number of nitrogens with zero attached hydrogens (tertiary/aromatic N) is 2. The molecule has 4 rings (SSSR count). The van der Waals surface area contributed by atoms with E-state index in [4.69, 9.17) is 4.74 Å². The number of likely N-dealkylation sites (tertiary alicyclic amines) is 1. The Balaban J connectivity index is 1.39. The molecule has 0 amide bonds. The number of aromatic nitrogens is 1. The number of aliphatic hydroxyl groups excluding tert-OH is 1. The SMILES string of the molecule is COc1ccc2nccc(C(O)CC[C@@H]3CCN(CC#Cc4ccsc4)C[C@@H]3CCC(=O)O)c2c1. The molecule has 6 nitrogen and oxygen atoms in total. The van der Waals surface area contributed by atoms with Crippen LogP contribution in [0.1, 0.15) is 49.3 Å². The topological polar surface area (TPSA) is 82.9 Å². The quantitative estimate of drug-likeness (QED) is 0.410. The normalized spacial score (nSPS) is 19.1.